The highest BCUT2D eigenvalue weighted by molar-refractivity contribution is 6.30. The maximum atomic E-state index is 6.15. The summed E-state index contributed by atoms with van der Waals surface area (Å²) in [5.41, 5.74) is 1.58. The zero-order valence-electron chi connectivity index (χ0n) is 11.5. The number of hydrogen-bond acceptors (Lipinski definition) is 3. The van der Waals surface area contributed by atoms with Crippen molar-refractivity contribution in [2.45, 2.75) is 46.5 Å². The van der Waals surface area contributed by atoms with E-state index in [9.17, 15) is 0 Å². The van der Waals surface area contributed by atoms with Crippen LogP contribution in [0.2, 0.25) is 5.15 Å². The van der Waals surface area contributed by atoms with Crippen LogP contribution in [0.15, 0.2) is 6.33 Å². The molecule has 0 amide bonds. The molecule has 2 rings (SSSR count). The molecular formula is C14H22ClN3. The van der Waals surface area contributed by atoms with E-state index in [-0.39, 0.29) is 0 Å². The van der Waals surface area contributed by atoms with Gasteiger partial charge in [0.1, 0.15) is 17.3 Å². The Morgan fingerprint density at radius 2 is 1.94 bits per heavy atom. The topological polar surface area (TPSA) is 29.0 Å². The van der Waals surface area contributed by atoms with Crippen LogP contribution in [0.5, 0.6) is 0 Å². The van der Waals surface area contributed by atoms with Gasteiger partial charge in [0.15, 0.2) is 0 Å². The summed E-state index contributed by atoms with van der Waals surface area (Å²) in [5.74, 6) is 1.04. The molecular weight excluding hydrogens is 246 g/mol. The van der Waals surface area contributed by atoms with E-state index >= 15 is 0 Å². The highest BCUT2D eigenvalue weighted by Gasteiger charge is 2.29. The molecule has 0 aliphatic carbocycles. The Morgan fingerprint density at radius 1 is 1.28 bits per heavy atom. The van der Waals surface area contributed by atoms with Crippen LogP contribution in [0, 0.1) is 5.41 Å². The van der Waals surface area contributed by atoms with Gasteiger partial charge in [0, 0.05) is 18.7 Å². The van der Waals surface area contributed by atoms with Gasteiger partial charge in [-0.1, -0.05) is 38.8 Å². The van der Waals surface area contributed by atoms with Crippen LogP contribution >= 0.6 is 11.6 Å². The summed E-state index contributed by atoms with van der Waals surface area (Å²) >= 11 is 6.15. The lowest BCUT2D eigenvalue weighted by molar-refractivity contribution is 0.237. The summed E-state index contributed by atoms with van der Waals surface area (Å²) in [4.78, 5) is 10.9. The molecule has 1 aromatic heterocycles. The van der Waals surface area contributed by atoms with Gasteiger partial charge in [0.05, 0.1) is 0 Å². The standard InChI is InChI=1S/C14H22ClN3/c1-4-11-12(15)16-10-17-13(11)18-8-6-14(3,5-2)7-9-18/h10H,4-9H2,1-3H3. The molecule has 0 saturated carbocycles. The second-order valence-corrected chi connectivity index (χ2v) is 5.83. The average Bonchev–Trinajstić information content (AvgIpc) is 2.39. The predicted molar refractivity (Wildman–Crippen MR) is 76.3 cm³/mol. The third-order valence-electron chi connectivity index (χ3n) is 4.35. The number of aromatic nitrogens is 2. The van der Waals surface area contributed by atoms with E-state index in [4.69, 9.17) is 11.6 Å². The Kier molecular flexibility index (Phi) is 4.10. The normalized spacial score (nSPS) is 19.0. The lowest BCUT2D eigenvalue weighted by Crippen LogP contribution is -2.39. The molecule has 0 aromatic carbocycles. The molecule has 0 radical (unpaired) electrons. The Balaban J connectivity index is 2.17. The van der Waals surface area contributed by atoms with Crippen LogP contribution < -0.4 is 4.90 Å². The Labute approximate surface area is 115 Å². The SMILES string of the molecule is CCc1c(Cl)ncnc1N1CCC(C)(CC)CC1. The van der Waals surface area contributed by atoms with Crippen molar-refractivity contribution in [1.82, 2.24) is 9.97 Å². The maximum Gasteiger partial charge on any atom is 0.137 e. The second kappa shape index (κ2) is 5.43. The van der Waals surface area contributed by atoms with Crippen LogP contribution in [0.4, 0.5) is 5.82 Å². The molecule has 1 saturated heterocycles. The van der Waals surface area contributed by atoms with E-state index in [0.717, 1.165) is 30.9 Å². The van der Waals surface area contributed by atoms with E-state index in [1.165, 1.54) is 19.3 Å². The molecule has 0 atom stereocenters. The first-order valence-corrected chi connectivity index (χ1v) is 7.22. The smallest absolute Gasteiger partial charge is 0.137 e. The molecule has 0 bridgehead atoms. The van der Waals surface area contributed by atoms with Crippen LogP contribution in [-0.2, 0) is 6.42 Å². The maximum absolute atomic E-state index is 6.15. The molecule has 4 heteroatoms. The molecule has 0 N–H and O–H groups in total. The van der Waals surface area contributed by atoms with Crippen molar-refractivity contribution in [2.24, 2.45) is 5.41 Å². The van der Waals surface area contributed by atoms with E-state index in [1.54, 1.807) is 6.33 Å². The molecule has 1 aliphatic rings. The number of hydrogen-bond donors (Lipinski definition) is 0. The van der Waals surface area contributed by atoms with Crippen LogP contribution in [-0.4, -0.2) is 23.1 Å². The van der Waals surface area contributed by atoms with Crippen LogP contribution in [0.25, 0.3) is 0 Å². The quantitative estimate of drug-likeness (QED) is 0.782. The van der Waals surface area contributed by atoms with E-state index in [2.05, 4.69) is 35.6 Å². The number of anilines is 1. The lowest BCUT2D eigenvalue weighted by atomic mass is 9.78. The van der Waals surface area contributed by atoms with Gasteiger partial charge < -0.3 is 4.90 Å². The van der Waals surface area contributed by atoms with Gasteiger partial charge in [-0.2, -0.15) is 0 Å². The summed E-state index contributed by atoms with van der Waals surface area (Å²) < 4.78 is 0. The van der Waals surface area contributed by atoms with Gasteiger partial charge >= 0.3 is 0 Å². The summed E-state index contributed by atoms with van der Waals surface area (Å²) in [7, 11) is 0. The van der Waals surface area contributed by atoms with E-state index < -0.39 is 0 Å². The summed E-state index contributed by atoms with van der Waals surface area (Å²) in [6.45, 7) is 8.93. The monoisotopic (exact) mass is 267 g/mol. The minimum absolute atomic E-state index is 0.500. The highest BCUT2D eigenvalue weighted by Crippen LogP contribution is 2.36. The lowest BCUT2D eigenvalue weighted by Gasteiger charge is -2.40. The third-order valence-corrected chi connectivity index (χ3v) is 4.67. The summed E-state index contributed by atoms with van der Waals surface area (Å²) in [5, 5.41) is 0.603. The van der Waals surface area contributed by atoms with Gasteiger partial charge in [-0.3, -0.25) is 0 Å². The highest BCUT2D eigenvalue weighted by atomic mass is 35.5. The van der Waals surface area contributed by atoms with E-state index in [0.29, 0.717) is 10.6 Å². The second-order valence-electron chi connectivity index (χ2n) is 5.47. The first-order valence-electron chi connectivity index (χ1n) is 6.84. The van der Waals surface area contributed by atoms with Crippen molar-refractivity contribution in [3.05, 3.63) is 17.0 Å². The fourth-order valence-electron chi connectivity index (χ4n) is 2.57. The average molecular weight is 268 g/mol. The van der Waals surface area contributed by atoms with Crippen LogP contribution in [0.3, 0.4) is 0 Å². The molecule has 1 aromatic rings. The largest absolute Gasteiger partial charge is 0.356 e. The van der Waals surface area contributed by atoms with Crippen molar-refractivity contribution < 1.29 is 0 Å². The molecule has 0 unspecified atom stereocenters. The third kappa shape index (κ3) is 2.61. The zero-order chi connectivity index (χ0) is 13.2. The molecule has 2 heterocycles. The van der Waals surface area contributed by atoms with E-state index in [1.807, 2.05) is 0 Å². The zero-order valence-corrected chi connectivity index (χ0v) is 12.3. The summed E-state index contributed by atoms with van der Waals surface area (Å²) in [6.07, 6.45) is 6.18. The van der Waals surface area contributed by atoms with Crippen molar-refractivity contribution in [2.75, 3.05) is 18.0 Å². The van der Waals surface area contributed by atoms with Gasteiger partial charge in [-0.25, -0.2) is 9.97 Å². The number of nitrogens with zero attached hydrogens (tertiary/aromatic N) is 3. The van der Waals surface area contributed by atoms with Crippen molar-refractivity contribution in [3.8, 4) is 0 Å². The predicted octanol–water partition coefficient (Wildman–Crippen LogP) is 3.71. The minimum atomic E-state index is 0.500. The van der Waals surface area contributed by atoms with Gasteiger partial charge in [-0.05, 0) is 24.7 Å². The van der Waals surface area contributed by atoms with Crippen molar-refractivity contribution in [3.63, 3.8) is 0 Å². The fourth-order valence-corrected chi connectivity index (χ4v) is 2.83. The molecule has 0 spiro atoms. The van der Waals surface area contributed by atoms with Gasteiger partial charge in [0.25, 0.3) is 0 Å². The van der Waals surface area contributed by atoms with Crippen LogP contribution in [0.1, 0.15) is 45.6 Å². The molecule has 18 heavy (non-hydrogen) atoms. The Morgan fingerprint density at radius 3 is 2.50 bits per heavy atom. The molecule has 1 aliphatic heterocycles. The summed E-state index contributed by atoms with van der Waals surface area (Å²) in [6, 6.07) is 0. The number of rotatable bonds is 3. The number of halogens is 1. The van der Waals surface area contributed by atoms with Gasteiger partial charge in [0.2, 0.25) is 0 Å². The first-order chi connectivity index (χ1) is 8.59. The molecule has 1 fully saturated rings. The molecule has 3 nitrogen and oxygen atoms in total. The van der Waals surface area contributed by atoms with Crippen molar-refractivity contribution in [1.29, 1.82) is 0 Å². The van der Waals surface area contributed by atoms with Gasteiger partial charge in [-0.15, -0.1) is 0 Å². The molecule has 100 valence electrons. The first kappa shape index (κ1) is 13.6. The fraction of sp³-hybridized carbons (Fsp3) is 0.714. The Bertz CT molecular complexity index is 412. The minimum Gasteiger partial charge on any atom is -0.356 e. The Hall–Kier alpha value is -0.830. The number of piperidine rings is 1. The van der Waals surface area contributed by atoms with Crippen molar-refractivity contribution >= 4 is 17.4 Å².